The van der Waals surface area contributed by atoms with Crippen LogP contribution in [-0.4, -0.2) is 28.9 Å². The smallest absolute Gasteiger partial charge is 0.401 e. The van der Waals surface area contributed by atoms with Crippen molar-refractivity contribution in [1.82, 2.24) is 0 Å². The van der Waals surface area contributed by atoms with Crippen molar-refractivity contribution in [3.05, 3.63) is 0 Å². The van der Waals surface area contributed by atoms with E-state index in [4.69, 9.17) is 9.31 Å². The molecular weight excluding hydrogens is 203 g/mol. The number of hydrogen-bond donors (Lipinski definition) is 1. The minimum atomic E-state index is -0.931. The fourth-order valence-corrected chi connectivity index (χ4v) is 2.02. The van der Waals surface area contributed by atoms with Gasteiger partial charge in [0.1, 0.15) is 0 Å². The van der Waals surface area contributed by atoms with Crippen LogP contribution < -0.4 is 0 Å². The molecule has 0 unspecified atom stereocenters. The molecule has 0 radical (unpaired) electrons. The molecule has 1 aliphatic rings. The molecule has 0 saturated carbocycles. The molecule has 0 amide bonds. The van der Waals surface area contributed by atoms with Crippen LogP contribution in [0.3, 0.4) is 0 Å². The first kappa shape index (κ1) is 14.0. The summed E-state index contributed by atoms with van der Waals surface area (Å²) in [5, 5.41) is 10.4. The van der Waals surface area contributed by atoms with Crippen LogP contribution in [0, 0.1) is 5.92 Å². The molecule has 1 atom stereocenters. The second-order valence-electron chi connectivity index (χ2n) is 6.54. The van der Waals surface area contributed by atoms with E-state index in [0.717, 1.165) is 0 Å². The molecule has 16 heavy (non-hydrogen) atoms. The summed E-state index contributed by atoms with van der Waals surface area (Å²) in [6.45, 7) is 13.9. The van der Waals surface area contributed by atoms with Crippen molar-refractivity contribution in [3.8, 4) is 0 Å². The quantitative estimate of drug-likeness (QED) is 0.754. The van der Waals surface area contributed by atoms with Crippen LogP contribution in [0.25, 0.3) is 0 Å². The lowest BCUT2D eigenvalue weighted by atomic mass is 9.65. The molecule has 0 bridgehead atoms. The predicted molar refractivity (Wildman–Crippen MR) is 66.2 cm³/mol. The van der Waals surface area contributed by atoms with Crippen molar-refractivity contribution in [3.63, 3.8) is 0 Å². The van der Waals surface area contributed by atoms with Crippen LogP contribution in [0.15, 0.2) is 0 Å². The topological polar surface area (TPSA) is 38.7 Å². The van der Waals surface area contributed by atoms with Crippen molar-refractivity contribution in [2.45, 2.75) is 71.6 Å². The van der Waals surface area contributed by atoms with E-state index in [2.05, 4.69) is 13.8 Å². The van der Waals surface area contributed by atoms with Gasteiger partial charge in [0.05, 0.1) is 16.7 Å². The summed E-state index contributed by atoms with van der Waals surface area (Å²) in [4.78, 5) is 0. The first-order valence-electron chi connectivity index (χ1n) is 6.06. The van der Waals surface area contributed by atoms with Gasteiger partial charge >= 0.3 is 7.12 Å². The van der Waals surface area contributed by atoms with Crippen molar-refractivity contribution < 1.29 is 14.4 Å². The lowest BCUT2D eigenvalue weighted by Crippen LogP contribution is -2.46. The molecule has 1 aliphatic heterocycles. The normalized spacial score (nSPS) is 27.2. The van der Waals surface area contributed by atoms with E-state index in [1.807, 2.05) is 27.7 Å². The third-order valence-corrected chi connectivity index (χ3v) is 3.58. The molecule has 1 fully saturated rings. The maximum absolute atomic E-state index is 10.4. The zero-order chi connectivity index (χ0) is 12.8. The fourth-order valence-electron chi connectivity index (χ4n) is 2.02. The summed E-state index contributed by atoms with van der Waals surface area (Å²) in [7, 11) is -0.542. The lowest BCUT2D eigenvalue weighted by molar-refractivity contribution is 0.00578. The van der Waals surface area contributed by atoms with E-state index in [1.54, 1.807) is 6.92 Å². The maximum Gasteiger partial charge on any atom is 0.491 e. The fraction of sp³-hybridized carbons (Fsp3) is 1.00. The van der Waals surface area contributed by atoms with E-state index >= 15 is 0 Å². The Labute approximate surface area is 99.7 Å². The Bertz CT molecular complexity index is 243. The Morgan fingerprint density at radius 2 is 1.50 bits per heavy atom. The van der Waals surface area contributed by atoms with Crippen LogP contribution in [0.1, 0.15) is 54.9 Å². The van der Waals surface area contributed by atoms with Gasteiger partial charge in [-0.05, 0) is 47.0 Å². The molecule has 1 N–H and O–H groups in total. The molecule has 1 rings (SSSR count). The van der Waals surface area contributed by atoms with Crippen LogP contribution in [0.2, 0.25) is 0 Å². The molecule has 1 saturated heterocycles. The molecule has 0 aromatic rings. The van der Waals surface area contributed by atoms with E-state index in [0.29, 0.717) is 12.3 Å². The third kappa shape index (κ3) is 2.61. The summed E-state index contributed by atoms with van der Waals surface area (Å²) in [5.74, 6) is 0.411. The SMILES string of the molecule is CC(C)C[C@](C)(O)B1OC(C)(C)C(C)(C)O1. The summed E-state index contributed by atoms with van der Waals surface area (Å²) < 4.78 is 11.7. The highest BCUT2D eigenvalue weighted by Crippen LogP contribution is 2.40. The molecule has 1 heterocycles. The van der Waals surface area contributed by atoms with Crippen molar-refractivity contribution in [1.29, 1.82) is 0 Å². The minimum absolute atomic E-state index is 0.376. The maximum atomic E-state index is 10.4. The Morgan fingerprint density at radius 3 is 1.81 bits per heavy atom. The third-order valence-electron chi connectivity index (χ3n) is 3.58. The van der Waals surface area contributed by atoms with Gasteiger partial charge in [-0.2, -0.15) is 0 Å². The van der Waals surface area contributed by atoms with Gasteiger partial charge < -0.3 is 14.4 Å². The first-order valence-corrected chi connectivity index (χ1v) is 6.06. The second-order valence-corrected chi connectivity index (χ2v) is 6.54. The highest BCUT2D eigenvalue weighted by Gasteiger charge is 2.57. The first-order chi connectivity index (χ1) is 6.98. The average Bonchev–Trinajstić information content (AvgIpc) is 2.18. The van der Waals surface area contributed by atoms with E-state index in [1.165, 1.54) is 0 Å². The number of rotatable bonds is 3. The predicted octanol–water partition coefficient (Wildman–Crippen LogP) is 2.41. The Hall–Kier alpha value is -0.0551. The Morgan fingerprint density at radius 1 is 1.12 bits per heavy atom. The summed E-state index contributed by atoms with van der Waals surface area (Å²) in [6.07, 6.45) is 0.670. The van der Waals surface area contributed by atoms with Gasteiger partial charge in [-0.25, -0.2) is 0 Å². The zero-order valence-corrected chi connectivity index (χ0v) is 11.6. The summed E-state index contributed by atoms with van der Waals surface area (Å²) >= 11 is 0. The Balaban J connectivity index is 2.79. The minimum Gasteiger partial charge on any atom is -0.401 e. The van der Waals surface area contributed by atoms with Gasteiger partial charge in [-0.1, -0.05) is 13.8 Å². The van der Waals surface area contributed by atoms with Gasteiger partial charge in [0.25, 0.3) is 0 Å². The van der Waals surface area contributed by atoms with Crippen molar-refractivity contribution in [2.24, 2.45) is 5.92 Å². The number of aliphatic hydroxyl groups is 1. The van der Waals surface area contributed by atoms with Crippen LogP contribution in [0.5, 0.6) is 0 Å². The Kier molecular flexibility index (Phi) is 3.50. The highest BCUT2D eigenvalue weighted by atomic mass is 16.7. The molecule has 94 valence electrons. The van der Waals surface area contributed by atoms with Crippen LogP contribution in [0.4, 0.5) is 0 Å². The molecular formula is C12H25BO3. The number of hydrogen-bond acceptors (Lipinski definition) is 3. The van der Waals surface area contributed by atoms with E-state index < -0.39 is 12.6 Å². The van der Waals surface area contributed by atoms with Crippen molar-refractivity contribution >= 4 is 7.12 Å². The molecule has 0 aromatic heterocycles. The molecule has 4 heteroatoms. The van der Waals surface area contributed by atoms with E-state index in [-0.39, 0.29) is 11.2 Å². The highest BCUT2D eigenvalue weighted by molar-refractivity contribution is 6.49. The molecule has 0 spiro atoms. The second kappa shape index (κ2) is 4.00. The molecule has 3 nitrogen and oxygen atoms in total. The van der Waals surface area contributed by atoms with Gasteiger partial charge in [0.2, 0.25) is 0 Å². The van der Waals surface area contributed by atoms with Crippen molar-refractivity contribution in [2.75, 3.05) is 0 Å². The zero-order valence-electron chi connectivity index (χ0n) is 11.6. The largest absolute Gasteiger partial charge is 0.491 e. The lowest BCUT2D eigenvalue weighted by Gasteiger charge is -2.32. The van der Waals surface area contributed by atoms with Crippen LogP contribution >= 0.6 is 0 Å². The van der Waals surface area contributed by atoms with Gasteiger partial charge in [0, 0.05) is 0 Å². The summed E-state index contributed by atoms with van der Waals surface area (Å²) in [6, 6.07) is 0. The summed E-state index contributed by atoms with van der Waals surface area (Å²) in [5.41, 5.74) is -1.68. The van der Waals surface area contributed by atoms with Gasteiger partial charge in [-0.15, -0.1) is 0 Å². The monoisotopic (exact) mass is 228 g/mol. The van der Waals surface area contributed by atoms with Gasteiger partial charge in [-0.3, -0.25) is 0 Å². The molecule has 0 aliphatic carbocycles. The standard InChI is InChI=1S/C12H25BO3/c1-9(2)8-12(7,14)13-15-10(3,4)11(5,6)16-13/h9,14H,8H2,1-7H3/t12-/m0/s1. The van der Waals surface area contributed by atoms with E-state index in [9.17, 15) is 5.11 Å². The van der Waals surface area contributed by atoms with Gasteiger partial charge in [0.15, 0.2) is 0 Å². The molecule has 0 aromatic carbocycles. The van der Waals surface area contributed by atoms with Crippen LogP contribution in [-0.2, 0) is 9.31 Å². The average molecular weight is 228 g/mol.